The van der Waals surface area contributed by atoms with Gasteiger partial charge in [-0.1, -0.05) is 29.8 Å². The van der Waals surface area contributed by atoms with Crippen molar-refractivity contribution in [2.75, 3.05) is 12.3 Å². The van der Waals surface area contributed by atoms with Crippen molar-refractivity contribution in [1.29, 1.82) is 0 Å². The summed E-state index contributed by atoms with van der Waals surface area (Å²) in [7, 11) is 0. The third kappa shape index (κ3) is 3.85. The number of thioether (sulfide) groups is 1. The normalized spacial score (nSPS) is 10.0. The fraction of sp³-hybridized carbons (Fsp3) is 0.154. The maximum atomic E-state index is 11.4. The third-order valence-corrected chi connectivity index (χ3v) is 3.74. The molecule has 0 bridgehead atoms. The van der Waals surface area contributed by atoms with Crippen LogP contribution in [0.2, 0.25) is 0 Å². The molecule has 0 aliphatic carbocycles. The number of aromatic nitrogens is 2. The number of carbonyl (C=O) groups excluding carboxylic acids is 1. The Morgan fingerprint density at radius 2 is 2.25 bits per heavy atom. The zero-order chi connectivity index (χ0) is 14.4. The number of halogens is 1. The highest BCUT2D eigenvalue weighted by Crippen LogP contribution is 2.28. The highest BCUT2D eigenvalue weighted by molar-refractivity contribution is 9.10. The lowest BCUT2D eigenvalue weighted by atomic mass is 10.2. The molecule has 1 heterocycles. The second kappa shape index (κ2) is 7.12. The Bertz CT molecular complexity index is 651. The van der Waals surface area contributed by atoms with E-state index in [4.69, 9.17) is 10.8 Å². The maximum absolute atomic E-state index is 11.4. The quantitative estimate of drug-likeness (QED) is 0.661. The van der Waals surface area contributed by atoms with Gasteiger partial charge in [0.2, 0.25) is 11.8 Å². The van der Waals surface area contributed by atoms with E-state index in [2.05, 4.69) is 37.4 Å². The molecule has 102 valence electrons. The number of carbonyl (C=O) groups is 1. The average molecular weight is 352 g/mol. The molecule has 5 nitrogen and oxygen atoms in total. The molecule has 0 spiro atoms. The Labute approximate surface area is 128 Å². The number of rotatable bonds is 5. The molecule has 0 radical (unpaired) electrons. The first-order valence-electron chi connectivity index (χ1n) is 5.62. The van der Waals surface area contributed by atoms with Gasteiger partial charge in [-0.15, -0.1) is 16.6 Å². The average Bonchev–Trinajstić information content (AvgIpc) is 2.92. The van der Waals surface area contributed by atoms with Crippen LogP contribution in [0.4, 0.5) is 0 Å². The van der Waals surface area contributed by atoms with E-state index in [1.807, 2.05) is 24.3 Å². The van der Waals surface area contributed by atoms with E-state index in [0.717, 1.165) is 21.8 Å². The Hall–Kier alpha value is -1.78. The first-order chi connectivity index (χ1) is 9.70. The van der Waals surface area contributed by atoms with E-state index in [-0.39, 0.29) is 18.2 Å². The minimum atomic E-state index is -0.173. The van der Waals surface area contributed by atoms with Gasteiger partial charge in [0, 0.05) is 4.47 Å². The second-order valence-electron chi connectivity index (χ2n) is 3.62. The highest BCUT2D eigenvalue weighted by atomic mass is 79.9. The fourth-order valence-electron chi connectivity index (χ4n) is 1.34. The van der Waals surface area contributed by atoms with Crippen molar-refractivity contribution < 1.29 is 9.21 Å². The lowest BCUT2D eigenvalue weighted by Crippen LogP contribution is -2.25. The molecule has 2 aromatic rings. The van der Waals surface area contributed by atoms with Gasteiger partial charge in [0.05, 0.1) is 17.9 Å². The van der Waals surface area contributed by atoms with Crippen LogP contribution in [0.15, 0.2) is 38.4 Å². The Morgan fingerprint density at radius 3 is 3.00 bits per heavy atom. The minimum absolute atomic E-state index is 0.173. The molecule has 0 aliphatic heterocycles. The summed E-state index contributed by atoms with van der Waals surface area (Å²) in [4.78, 5) is 11.4. The lowest BCUT2D eigenvalue weighted by Gasteiger charge is -1.98. The van der Waals surface area contributed by atoms with Gasteiger partial charge in [0.25, 0.3) is 5.22 Å². The van der Waals surface area contributed by atoms with Gasteiger partial charge >= 0.3 is 0 Å². The summed E-state index contributed by atoms with van der Waals surface area (Å²) in [5.74, 6) is 2.74. The molecule has 0 saturated heterocycles. The van der Waals surface area contributed by atoms with Crippen molar-refractivity contribution in [2.45, 2.75) is 5.22 Å². The van der Waals surface area contributed by atoms with Crippen LogP contribution < -0.4 is 5.32 Å². The first-order valence-corrected chi connectivity index (χ1v) is 7.40. The largest absolute Gasteiger partial charge is 0.411 e. The summed E-state index contributed by atoms with van der Waals surface area (Å²) in [5.41, 5.74) is 0.809. The first kappa shape index (κ1) is 14.6. The van der Waals surface area contributed by atoms with Crippen molar-refractivity contribution in [1.82, 2.24) is 15.5 Å². The van der Waals surface area contributed by atoms with Crippen LogP contribution in [0.25, 0.3) is 11.5 Å². The Morgan fingerprint density at radius 1 is 1.45 bits per heavy atom. The van der Waals surface area contributed by atoms with E-state index in [0.29, 0.717) is 11.1 Å². The number of hydrogen-bond donors (Lipinski definition) is 1. The summed E-state index contributed by atoms with van der Waals surface area (Å²) >= 11 is 4.58. The number of amides is 1. The molecule has 2 rings (SSSR count). The van der Waals surface area contributed by atoms with Gasteiger partial charge in [-0.05, 0) is 28.1 Å². The van der Waals surface area contributed by atoms with E-state index < -0.39 is 0 Å². The van der Waals surface area contributed by atoms with Crippen LogP contribution in [0, 0.1) is 12.3 Å². The Kier molecular flexibility index (Phi) is 5.21. The number of terminal acetylenes is 1. The summed E-state index contributed by atoms with van der Waals surface area (Å²) in [6.07, 6.45) is 5.05. The monoisotopic (exact) mass is 351 g/mol. The molecule has 1 aromatic heterocycles. The zero-order valence-corrected chi connectivity index (χ0v) is 12.7. The lowest BCUT2D eigenvalue weighted by molar-refractivity contribution is -0.118. The molecule has 0 unspecified atom stereocenters. The molecular formula is C13H10BrN3O2S. The number of benzene rings is 1. The standard InChI is InChI=1S/C13H10BrN3O2S/c1-2-7-15-11(18)8-20-13-17-16-12(19-13)9-5-3-4-6-10(9)14/h1,3-6H,7-8H2,(H,15,18). The second-order valence-corrected chi connectivity index (χ2v) is 5.40. The highest BCUT2D eigenvalue weighted by Gasteiger charge is 2.12. The van der Waals surface area contributed by atoms with E-state index in [1.165, 1.54) is 0 Å². The van der Waals surface area contributed by atoms with Crippen LogP contribution in [0.5, 0.6) is 0 Å². The van der Waals surface area contributed by atoms with E-state index >= 15 is 0 Å². The zero-order valence-electron chi connectivity index (χ0n) is 10.3. The van der Waals surface area contributed by atoms with Crippen LogP contribution >= 0.6 is 27.7 Å². The molecule has 7 heteroatoms. The summed E-state index contributed by atoms with van der Waals surface area (Å²) in [5, 5.41) is 10.7. The smallest absolute Gasteiger partial charge is 0.277 e. The number of nitrogens with one attached hydrogen (secondary N) is 1. The van der Waals surface area contributed by atoms with E-state index in [9.17, 15) is 4.79 Å². The molecule has 0 atom stereocenters. The van der Waals surface area contributed by atoms with Crippen LogP contribution in [-0.4, -0.2) is 28.4 Å². The van der Waals surface area contributed by atoms with Crippen molar-refractivity contribution in [3.05, 3.63) is 28.7 Å². The predicted octanol–water partition coefficient (Wildman–Crippen LogP) is 2.34. The molecule has 20 heavy (non-hydrogen) atoms. The molecule has 0 saturated carbocycles. The minimum Gasteiger partial charge on any atom is -0.411 e. The van der Waals surface area contributed by atoms with Crippen molar-refractivity contribution in [3.63, 3.8) is 0 Å². The van der Waals surface area contributed by atoms with Crippen molar-refractivity contribution in [2.24, 2.45) is 0 Å². The number of nitrogens with zero attached hydrogens (tertiary/aromatic N) is 2. The van der Waals surface area contributed by atoms with Gasteiger partial charge in [-0.25, -0.2) is 0 Å². The molecule has 0 fully saturated rings. The Balaban J connectivity index is 1.98. The van der Waals surface area contributed by atoms with Crippen LogP contribution in [-0.2, 0) is 4.79 Å². The summed E-state index contributed by atoms with van der Waals surface area (Å²) in [6.45, 7) is 0.214. The van der Waals surface area contributed by atoms with Crippen LogP contribution in [0.1, 0.15) is 0 Å². The van der Waals surface area contributed by atoms with Gasteiger partial charge in [-0.3, -0.25) is 4.79 Å². The van der Waals surface area contributed by atoms with Crippen molar-refractivity contribution >= 4 is 33.6 Å². The van der Waals surface area contributed by atoms with Gasteiger partial charge in [0.15, 0.2) is 0 Å². The molecule has 1 N–H and O–H groups in total. The SMILES string of the molecule is C#CCNC(=O)CSc1nnc(-c2ccccc2Br)o1. The molecule has 0 aliphatic rings. The van der Waals surface area contributed by atoms with Crippen LogP contribution in [0.3, 0.4) is 0 Å². The van der Waals surface area contributed by atoms with Crippen molar-refractivity contribution in [3.8, 4) is 23.8 Å². The van der Waals surface area contributed by atoms with E-state index in [1.54, 1.807) is 0 Å². The third-order valence-electron chi connectivity index (χ3n) is 2.23. The van der Waals surface area contributed by atoms with Gasteiger partial charge < -0.3 is 9.73 Å². The topological polar surface area (TPSA) is 68.0 Å². The molecule has 1 aromatic carbocycles. The summed E-state index contributed by atoms with van der Waals surface area (Å²) in [6, 6.07) is 7.53. The molecular weight excluding hydrogens is 342 g/mol. The van der Waals surface area contributed by atoms with Gasteiger partial charge in [-0.2, -0.15) is 0 Å². The predicted molar refractivity (Wildman–Crippen MR) is 80.0 cm³/mol. The fourth-order valence-corrected chi connectivity index (χ4v) is 2.39. The maximum Gasteiger partial charge on any atom is 0.277 e. The number of hydrogen-bond acceptors (Lipinski definition) is 5. The summed E-state index contributed by atoms with van der Waals surface area (Å²) < 4.78 is 6.36. The van der Waals surface area contributed by atoms with Gasteiger partial charge in [0.1, 0.15) is 0 Å². The molecule has 1 amide bonds.